The Hall–Kier alpha value is -1.32. The molecule has 0 spiro atoms. The van der Waals surface area contributed by atoms with Gasteiger partial charge in [-0.3, -0.25) is 0 Å². The van der Waals surface area contributed by atoms with Gasteiger partial charge >= 0.3 is 5.97 Å². The molecule has 1 aliphatic rings. The van der Waals surface area contributed by atoms with Gasteiger partial charge in [0.2, 0.25) is 0 Å². The molecule has 0 radical (unpaired) electrons. The van der Waals surface area contributed by atoms with E-state index in [1.807, 2.05) is 6.92 Å². The highest BCUT2D eigenvalue weighted by atomic mass is 19.1. The van der Waals surface area contributed by atoms with Crippen LogP contribution in [0.3, 0.4) is 0 Å². The molecule has 0 aliphatic heterocycles. The zero-order valence-corrected chi connectivity index (χ0v) is 7.93. The maximum Gasteiger partial charge on any atom is 0.355 e. The summed E-state index contributed by atoms with van der Waals surface area (Å²) in [6.45, 7) is 2.03. The SMILES string of the molecule is CC[C@@H]1CCc2c1[nH]c(C(=O)O)c2F. The number of halogens is 1. The van der Waals surface area contributed by atoms with E-state index in [1.165, 1.54) is 0 Å². The van der Waals surface area contributed by atoms with Gasteiger partial charge in [-0.1, -0.05) is 6.92 Å². The number of aromatic amines is 1. The molecule has 0 amide bonds. The largest absolute Gasteiger partial charge is 0.476 e. The molecular weight excluding hydrogens is 185 g/mol. The van der Waals surface area contributed by atoms with Crippen molar-refractivity contribution in [1.29, 1.82) is 0 Å². The third-order valence-electron chi connectivity index (χ3n) is 2.93. The molecule has 0 saturated carbocycles. The van der Waals surface area contributed by atoms with Gasteiger partial charge in [-0.25, -0.2) is 9.18 Å². The van der Waals surface area contributed by atoms with Gasteiger partial charge in [0.05, 0.1) is 0 Å². The normalized spacial score (nSPS) is 19.7. The number of hydrogen-bond donors (Lipinski definition) is 2. The van der Waals surface area contributed by atoms with Crippen molar-refractivity contribution in [3.8, 4) is 0 Å². The lowest BCUT2D eigenvalue weighted by Gasteiger charge is -2.04. The van der Waals surface area contributed by atoms with Gasteiger partial charge in [0, 0.05) is 11.3 Å². The van der Waals surface area contributed by atoms with E-state index in [-0.39, 0.29) is 5.69 Å². The number of aromatic carboxylic acids is 1. The summed E-state index contributed by atoms with van der Waals surface area (Å²) in [5.41, 5.74) is 1.09. The highest BCUT2D eigenvalue weighted by Gasteiger charge is 2.30. The second-order valence-electron chi connectivity index (χ2n) is 3.66. The molecule has 4 heteroatoms. The molecule has 0 aromatic carbocycles. The molecule has 2 rings (SSSR count). The number of H-pyrrole nitrogens is 1. The van der Waals surface area contributed by atoms with Crippen molar-refractivity contribution in [3.05, 3.63) is 22.8 Å². The lowest BCUT2D eigenvalue weighted by atomic mass is 10.1. The van der Waals surface area contributed by atoms with Crippen LogP contribution in [0.5, 0.6) is 0 Å². The summed E-state index contributed by atoms with van der Waals surface area (Å²) in [5.74, 6) is -1.48. The van der Waals surface area contributed by atoms with Crippen molar-refractivity contribution >= 4 is 5.97 Å². The van der Waals surface area contributed by atoms with Gasteiger partial charge in [-0.15, -0.1) is 0 Å². The Morgan fingerprint density at radius 2 is 2.43 bits per heavy atom. The first-order valence-corrected chi connectivity index (χ1v) is 4.78. The Morgan fingerprint density at radius 1 is 1.71 bits per heavy atom. The standard InChI is InChI=1S/C10H12FNO2/c1-2-5-3-4-6-7(11)9(10(13)14)12-8(5)6/h5,12H,2-4H2,1H3,(H,13,14)/t5-/m1/s1. The van der Waals surface area contributed by atoms with Crippen molar-refractivity contribution in [3.63, 3.8) is 0 Å². The number of rotatable bonds is 2. The molecule has 76 valence electrons. The fraction of sp³-hybridized carbons (Fsp3) is 0.500. The van der Waals surface area contributed by atoms with Crippen LogP contribution in [0.15, 0.2) is 0 Å². The molecule has 3 nitrogen and oxygen atoms in total. The fourth-order valence-corrected chi connectivity index (χ4v) is 2.15. The van der Waals surface area contributed by atoms with Crippen LogP contribution in [0.1, 0.15) is 47.4 Å². The highest BCUT2D eigenvalue weighted by Crippen LogP contribution is 2.37. The van der Waals surface area contributed by atoms with Crippen LogP contribution in [-0.2, 0) is 6.42 Å². The Morgan fingerprint density at radius 3 is 3.00 bits per heavy atom. The summed E-state index contributed by atoms with van der Waals surface area (Å²) in [6.07, 6.45) is 2.50. The minimum absolute atomic E-state index is 0.284. The third-order valence-corrected chi connectivity index (χ3v) is 2.93. The molecule has 0 unspecified atom stereocenters. The predicted octanol–water partition coefficient (Wildman–Crippen LogP) is 2.29. The van der Waals surface area contributed by atoms with E-state index in [1.54, 1.807) is 0 Å². The van der Waals surface area contributed by atoms with E-state index in [4.69, 9.17) is 5.11 Å². The fourth-order valence-electron chi connectivity index (χ4n) is 2.15. The minimum Gasteiger partial charge on any atom is -0.476 e. The van der Waals surface area contributed by atoms with Crippen LogP contribution in [0.2, 0.25) is 0 Å². The van der Waals surface area contributed by atoms with Crippen LogP contribution in [-0.4, -0.2) is 16.1 Å². The molecule has 0 saturated heterocycles. The summed E-state index contributed by atoms with van der Waals surface area (Å²) in [4.78, 5) is 13.3. The van der Waals surface area contributed by atoms with Crippen molar-refractivity contribution in [1.82, 2.24) is 4.98 Å². The van der Waals surface area contributed by atoms with E-state index < -0.39 is 11.8 Å². The maximum absolute atomic E-state index is 13.5. The number of carboxylic acid groups (broad SMARTS) is 1. The van der Waals surface area contributed by atoms with E-state index >= 15 is 0 Å². The zero-order valence-electron chi connectivity index (χ0n) is 7.93. The van der Waals surface area contributed by atoms with Crippen molar-refractivity contribution in [2.24, 2.45) is 0 Å². The summed E-state index contributed by atoms with van der Waals surface area (Å²) in [5, 5.41) is 8.71. The monoisotopic (exact) mass is 197 g/mol. The van der Waals surface area contributed by atoms with Crippen LogP contribution in [0.25, 0.3) is 0 Å². The first kappa shape index (κ1) is 9.24. The van der Waals surface area contributed by atoms with Crippen LogP contribution in [0, 0.1) is 5.82 Å². The molecule has 1 aromatic heterocycles. The second kappa shape index (κ2) is 3.12. The lowest BCUT2D eigenvalue weighted by molar-refractivity contribution is 0.0685. The summed E-state index contributed by atoms with van der Waals surface area (Å²) < 4.78 is 13.5. The average molecular weight is 197 g/mol. The molecule has 0 bridgehead atoms. The molecule has 1 aliphatic carbocycles. The van der Waals surface area contributed by atoms with Gasteiger partial charge < -0.3 is 10.1 Å². The summed E-state index contributed by atoms with van der Waals surface area (Å²) in [6, 6.07) is 0. The lowest BCUT2D eigenvalue weighted by Crippen LogP contribution is -2.01. The Balaban J connectivity index is 2.48. The van der Waals surface area contributed by atoms with Crippen LogP contribution < -0.4 is 0 Å². The van der Waals surface area contributed by atoms with E-state index in [0.29, 0.717) is 17.9 Å². The number of carbonyl (C=O) groups is 1. The Kier molecular flexibility index (Phi) is 2.06. The summed E-state index contributed by atoms with van der Waals surface area (Å²) >= 11 is 0. The quantitative estimate of drug-likeness (QED) is 0.764. The molecule has 1 atom stereocenters. The smallest absolute Gasteiger partial charge is 0.355 e. The molecule has 2 N–H and O–H groups in total. The number of fused-ring (bicyclic) bond motifs is 1. The van der Waals surface area contributed by atoms with Crippen LogP contribution in [0.4, 0.5) is 4.39 Å². The Bertz CT molecular complexity index is 384. The van der Waals surface area contributed by atoms with Gasteiger partial charge in [0.15, 0.2) is 11.5 Å². The number of hydrogen-bond acceptors (Lipinski definition) is 1. The average Bonchev–Trinajstić information content (AvgIpc) is 2.66. The first-order valence-electron chi connectivity index (χ1n) is 4.78. The number of carboxylic acids is 1. The Labute approximate surface area is 80.9 Å². The summed E-state index contributed by atoms with van der Waals surface area (Å²) in [7, 11) is 0. The second-order valence-corrected chi connectivity index (χ2v) is 3.66. The molecular formula is C10H12FNO2. The zero-order chi connectivity index (χ0) is 10.3. The predicted molar refractivity (Wildman–Crippen MR) is 49.1 cm³/mol. The minimum atomic E-state index is -1.22. The topological polar surface area (TPSA) is 53.1 Å². The van der Waals surface area contributed by atoms with Crippen LogP contribution >= 0.6 is 0 Å². The van der Waals surface area contributed by atoms with E-state index in [0.717, 1.165) is 18.5 Å². The van der Waals surface area contributed by atoms with Gasteiger partial charge in [-0.05, 0) is 25.2 Å². The van der Waals surface area contributed by atoms with E-state index in [9.17, 15) is 9.18 Å². The molecule has 14 heavy (non-hydrogen) atoms. The van der Waals surface area contributed by atoms with Crippen molar-refractivity contribution in [2.75, 3.05) is 0 Å². The molecule has 0 fully saturated rings. The third kappa shape index (κ3) is 1.14. The van der Waals surface area contributed by atoms with Crippen molar-refractivity contribution < 1.29 is 14.3 Å². The van der Waals surface area contributed by atoms with Gasteiger partial charge in [0.25, 0.3) is 0 Å². The number of aromatic nitrogens is 1. The molecule has 1 heterocycles. The van der Waals surface area contributed by atoms with Crippen molar-refractivity contribution in [2.45, 2.75) is 32.1 Å². The highest BCUT2D eigenvalue weighted by molar-refractivity contribution is 5.86. The van der Waals surface area contributed by atoms with Gasteiger partial charge in [0.1, 0.15) is 0 Å². The number of nitrogens with one attached hydrogen (secondary N) is 1. The van der Waals surface area contributed by atoms with E-state index in [2.05, 4.69) is 4.98 Å². The maximum atomic E-state index is 13.5. The molecule has 1 aromatic rings. The first-order chi connectivity index (χ1) is 6.65. The van der Waals surface area contributed by atoms with Gasteiger partial charge in [-0.2, -0.15) is 0 Å².